The number of phenolic OH excluding ortho intramolecular Hbond substituents is 1. The molecule has 0 saturated heterocycles. The number of methoxy groups -OCH3 is 1. The highest BCUT2D eigenvalue weighted by Gasteiger charge is 2.15. The van der Waals surface area contributed by atoms with Crippen LogP contribution in [0, 0.1) is 0 Å². The summed E-state index contributed by atoms with van der Waals surface area (Å²) < 4.78 is 38.1. The smallest absolute Gasteiger partial charge is 0.217 e. The van der Waals surface area contributed by atoms with Gasteiger partial charge in [-0.25, -0.2) is 8.42 Å². The third kappa shape index (κ3) is 9.79. The monoisotopic (exact) mass is 400 g/mol. The minimum Gasteiger partial charge on any atom is -0.726 e. The van der Waals surface area contributed by atoms with Gasteiger partial charge in [-0.1, -0.05) is 30.3 Å². The maximum Gasteiger partial charge on any atom is 0.217 e. The molecule has 0 aliphatic rings. The Morgan fingerprint density at radius 3 is 2.19 bits per heavy atom. The van der Waals surface area contributed by atoms with Crippen LogP contribution in [0.15, 0.2) is 59.5 Å². The van der Waals surface area contributed by atoms with Crippen LogP contribution in [0.4, 0.5) is 0 Å². The van der Waals surface area contributed by atoms with Crippen LogP contribution in [0.1, 0.15) is 12.5 Å². The molecule has 144 valence electrons. The fourth-order valence-corrected chi connectivity index (χ4v) is 3.97. The van der Waals surface area contributed by atoms with E-state index in [1.165, 1.54) is 24.5 Å². The van der Waals surface area contributed by atoms with Crippen LogP contribution in [0.5, 0.6) is 5.75 Å². The second kappa shape index (κ2) is 11.2. The lowest BCUT2D eigenvalue weighted by molar-refractivity contribution is 0.0862. The highest BCUT2D eigenvalue weighted by atomic mass is 32.3. The molecule has 0 radical (unpaired) electrons. The quantitative estimate of drug-likeness (QED) is 0.436. The lowest BCUT2D eigenvalue weighted by Gasteiger charge is -2.13. The van der Waals surface area contributed by atoms with Gasteiger partial charge in [-0.05, 0) is 31.2 Å². The lowest BCUT2D eigenvalue weighted by atomic mass is 10.2. The van der Waals surface area contributed by atoms with E-state index in [1.807, 2.05) is 18.2 Å². The fourth-order valence-electron chi connectivity index (χ4n) is 2.05. The van der Waals surface area contributed by atoms with Gasteiger partial charge in [0.05, 0.1) is 12.7 Å². The minimum absolute atomic E-state index is 0.0848. The van der Waals surface area contributed by atoms with Gasteiger partial charge in [0, 0.05) is 23.6 Å². The Bertz CT molecular complexity index is 732. The zero-order valence-electron chi connectivity index (χ0n) is 15.0. The van der Waals surface area contributed by atoms with Crippen molar-refractivity contribution in [3.63, 3.8) is 0 Å². The predicted molar refractivity (Wildman–Crippen MR) is 102 cm³/mol. The Morgan fingerprint density at radius 2 is 1.69 bits per heavy atom. The van der Waals surface area contributed by atoms with Crippen LogP contribution in [0.2, 0.25) is 0 Å². The van der Waals surface area contributed by atoms with Crippen LogP contribution < -0.4 is 0 Å². The van der Waals surface area contributed by atoms with Crippen molar-refractivity contribution in [2.75, 3.05) is 20.0 Å². The molecule has 2 aromatic carbocycles. The molecular formula is C18H24O6S2. The number of hydrogen-bond donors (Lipinski definition) is 1. The fraction of sp³-hybridized carbons (Fsp3) is 0.333. The average molecular weight is 401 g/mol. The molecule has 2 aromatic rings. The molecule has 2 unspecified atom stereocenters. The van der Waals surface area contributed by atoms with Crippen LogP contribution in [-0.2, 0) is 36.0 Å². The molecular weight excluding hydrogens is 376 g/mol. The van der Waals surface area contributed by atoms with Crippen LogP contribution in [0.3, 0.4) is 0 Å². The van der Waals surface area contributed by atoms with Crippen molar-refractivity contribution in [1.82, 2.24) is 0 Å². The summed E-state index contributed by atoms with van der Waals surface area (Å²) in [5.74, 6) is 1.39. The molecule has 0 fully saturated rings. The van der Waals surface area contributed by atoms with E-state index < -0.39 is 16.5 Å². The first-order valence-electron chi connectivity index (χ1n) is 7.80. The Morgan fingerprint density at radius 1 is 1.12 bits per heavy atom. The van der Waals surface area contributed by atoms with E-state index in [0.717, 1.165) is 5.75 Å². The Hall–Kier alpha value is -1.58. The van der Waals surface area contributed by atoms with E-state index in [1.54, 1.807) is 12.1 Å². The molecule has 1 N–H and O–H groups in total. The maximum absolute atomic E-state index is 9.88. The van der Waals surface area contributed by atoms with Crippen molar-refractivity contribution in [2.24, 2.45) is 0 Å². The van der Waals surface area contributed by atoms with E-state index >= 15 is 0 Å². The number of hydrogen-bond acceptors (Lipinski definition) is 6. The van der Waals surface area contributed by atoms with Gasteiger partial charge in [-0.2, -0.15) is 0 Å². The van der Waals surface area contributed by atoms with Gasteiger partial charge in [-0.3, -0.25) is 4.18 Å². The average Bonchev–Trinajstić information content (AvgIpc) is 2.55. The third-order valence-electron chi connectivity index (χ3n) is 3.15. The first-order chi connectivity index (χ1) is 12.2. The van der Waals surface area contributed by atoms with Gasteiger partial charge in [0.2, 0.25) is 10.4 Å². The maximum atomic E-state index is 9.88. The highest BCUT2D eigenvalue weighted by molar-refractivity contribution is 7.95. The summed E-state index contributed by atoms with van der Waals surface area (Å²) in [5, 5.41) is 9.23. The van der Waals surface area contributed by atoms with Crippen LogP contribution >= 0.6 is 0 Å². The lowest BCUT2D eigenvalue weighted by Crippen LogP contribution is -2.19. The molecule has 2 atom stereocenters. The molecule has 26 heavy (non-hydrogen) atoms. The second-order valence-corrected chi connectivity index (χ2v) is 8.57. The third-order valence-corrected chi connectivity index (χ3v) is 5.56. The molecule has 8 heteroatoms. The Kier molecular flexibility index (Phi) is 9.68. The normalized spacial score (nSPS) is 13.4. The Balaban J connectivity index is 0.000000294. The zero-order valence-corrected chi connectivity index (χ0v) is 16.6. The zero-order chi connectivity index (χ0) is 19.6. The van der Waals surface area contributed by atoms with Crippen molar-refractivity contribution in [3.8, 4) is 5.75 Å². The predicted octanol–water partition coefficient (Wildman–Crippen LogP) is 2.70. The van der Waals surface area contributed by atoms with E-state index in [9.17, 15) is 18.1 Å². The van der Waals surface area contributed by atoms with Gasteiger partial charge in [-0.15, -0.1) is 0 Å². The van der Waals surface area contributed by atoms with Gasteiger partial charge in [0.1, 0.15) is 17.8 Å². The first-order valence-corrected chi connectivity index (χ1v) is 10.9. The highest BCUT2D eigenvalue weighted by Crippen LogP contribution is 2.19. The minimum atomic E-state index is -4.58. The second-order valence-electron chi connectivity index (χ2n) is 5.53. The molecule has 0 aromatic heterocycles. The van der Waals surface area contributed by atoms with E-state index in [2.05, 4.69) is 39.4 Å². The summed E-state index contributed by atoms with van der Waals surface area (Å²) in [7, 11) is -2.99. The van der Waals surface area contributed by atoms with Crippen LogP contribution in [-0.4, -0.2) is 44.2 Å². The van der Waals surface area contributed by atoms with Crippen molar-refractivity contribution in [1.29, 1.82) is 0 Å². The molecule has 2 rings (SSSR count). The number of phenols is 1. The summed E-state index contributed by atoms with van der Waals surface area (Å²) in [6, 6.07) is 18.0. The molecule has 0 amide bonds. The molecule has 0 aliphatic carbocycles. The summed E-state index contributed by atoms with van der Waals surface area (Å²) in [6.45, 7) is 1.51. The van der Waals surface area contributed by atoms with E-state index in [4.69, 9.17) is 0 Å². The van der Waals surface area contributed by atoms with Crippen molar-refractivity contribution in [2.45, 2.75) is 23.7 Å². The standard InChI is InChI=1S/C14H14OS.C4H10O5S/c1-16(11-12-5-3-2-4-6-12)14-9-7-13(15)8-10-14;1-4(3-8-2)9-10(5,6)7/h2-10H,11H2,1H3;4H,3H2,1-2H3,(H,5,6,7). The summed E-state index contributed by atoms with van der Waals surface area (Å²) >= 11 is 0. The number of benzene rings is 2. The van der Waals surface area contributed by atoms with Crippen LogP contribution in [0.25, 0.3) is 0 Å². The first kappa shape index (κ1) is 22.5. The molecule has 0 aliphatic heterocycles. The Labute approximate surface area is 158 Å². The molecule has 6 nitrogen and oxygen atoms in total. The van der Waals surface area contributed by atoms with Gasteiger partial charge in [0.15, 0.2) is 4.90 Å². The van der Waals surface area contributed by atoms with Gasteiger partial charge in [0.25, 0.3) is 0 Å². The van der Waals surface area contributed by atoms with Crippen molar-refractivity contribution >= 4 is 21.3 Å². The summed E-state index contributed by atoms with van der Waals surface area (Å²) in [6.07, 6.45) is 1.52. The van der Waals surface area contributed by atoms with Gasteiger partial charge < -0.3 is 14.4 Å². The van der Waals surface area contributed by atoms with E-state index in [-0.39, 0.29) is 17.5 Å². The SMILES string of the molecule is COCC(C)OS(=O)(=O)[O-].C[S+](Cc1ccccc1)c1ccc(O)cc1. The largest absolute Gasteiger partial charge is 0.726 e. The van der Waals surface area contributed by atoms with E-state index in [0.29, 0.717) is 5.75 Å². The number of ether oxygens (including phenoxy) is 1. The van der Waals surface area contributed by atoms with Crippen molar-refractivity contribution in [3.05, 3.63) is 60.2 Å². The molecule has 0 spiro atoms. The summed E-state index contributed by atoms with van der Waals surface area (Å²) in [4.78, 5) is 1.29. The number of rotatable bonds is 7. The molecule has 0 heterocycles. The summed E-state index contributed by atoms with van der Waals surface area (Å²) in [5.41, 5.74) is 1.36. The molecule has 0 bridgehead atoms. The number of aromatic hydroxyl groups is 1. The van der Waals surface area contributed by atoms with Gasteiger partial charge >= 0.3 is 0 Å². The van der Waals surface area contributed by atoms with Crippen molar-refractivity contribution < 1.29 is 27.0 Å². The topological polar surface area (TPSA) is 95.9 Å². The molecule has 0 saturated carbocycles.